The van der Waals surface area contributed by atoms with E-state index in [0.29, 0.717) is 11.1 Å². The molecule has 0 aliphatic carbocycles. The molecule has 0 spiro atoms. The van der Waals surface area contributed by atoms with Crippen LogP contribution >= 0.6 is 0 Å². The minimum atomic E-state index is -6.09. The third kappa shape index (κ3) is 7.09. The summed E-state index contributed by atoms with van der Waals surface area (Å²) in [6.07, 6.45) is 0. The Labute approximate surface area is 152 Å². The van der Waals surface area contributed by atoms with Crippen molar-refractivity contribution in [2.24, 2.45) is 0 Å². The molecule has 0 bridgehead atoms. The molecule has 0 unspecified atom stereocenters. The molecule has 0 amide bonds. The van der Waals surface area contributed by atoms with Gasteiger partial charge < -0.3 is 4.55 Å². The third-order valence-electron chi connectivity index (χ3n) is 2.41. The van der Waals surface area contributed by atoms with E-state index < -0.39 is 15.6 Å². The van der Waals surface area contributed by atoms with Crippen LogP contribution in [-0.4, -0.2) is 18.5 Å². The highest BCUT2D eigenvalue weighted by atomic mass is 127. The Morgan fingerprint density at radius 2 is 1.28 bits per heavy atom. The minimum Gasteiger partial charge on any atom is -0.741 e. The van der Waals surface area contributed by atoms with Gasteiger partial charge in [0.25, 0.3) is 0 Å². The second kappa shape index (κ2) is 8.80. The first-order valence-electron chi connectivity index (χ1n) is 6.24. The molecule has 2 aromatic carbocycles. The van der Waals surface area contributed by atoms with Gasteiger partial charge >= 0.3 is 26.7 Å². The number of benzene rings is 2. The summed E-state index contributed by atoms with van der Waals surface area (Å²) in [5.41, 5.74) is -4.26. The molecule has 0 aliphatic heterocycles. The molecule has 0 atom stereocenters. The van der Waals surface area contributed by atoms with E-state index in [1.165, 1.54) is 7.14 Å². The molecule has 0 radical (unpaired) electrons. The summed E-state index contributed by atoms with van der Waals surface area (Å²) in [5, 5.41) is 17.7. The summed E-state index contributed by atoms with van der Waals surface area (Å²) in [7, 11) is -6.09. The fraction of sp³-hybridized carbons (Fsp3) is 0.0667. The maximum absolute atomic E-state index is 10.7. The molecule has 2 aromatic rings. The lowest BCUT2D eigenvalue weighted by Crippen LogP contribution is -3.61. The van der Waals surface area contributed by atoms with Crippen molar-refractivity contribution in [1.82, 2.24) is 0 Å². The van der Waals surface area contributed by atoms with Gasteiger partial charge in [-0.2, -0.15) is 23.7 Å². The van der Waals surface area contributed by atoms with E-state index in [1.807, 2.05) is 36.4 Å². The van der Waals surface area contributed by atoms with Crippen LogP contribution in [0.3, 0.4) is 0 Å². The molecule has 25 heavy (non-hydrogen) atoms. The highest BCUT2D eigenvalue weighted by Crippen LogP contribution is 2.20. The van der Waals surface area contributed by atoms with Gasteiger partial charge in [0, 0.05) is 12.1 Å². The Kier molecular flexibility index (Phi) is 7.36. The molecule has 0 saturated carbocycles. The Balaban J connectivity index is 0.000000333. The summed E-state index contributed by atoms with van der Waals surface area (Å²) >= 11 is -0.319. The molecule has 2 rings (SSSR count). The van der Waals surface area contributed by atoms with Crippen molar-refractivity contribution in [3.63, 3.8) is 0 Å². The van der Waals surface area contributed by atoms with Gasteiger partial charge in [-0.25, -0.2) is 8.42 Å². The van der Waals surface area contributed by atoms with Gasteiger partial charge in [-0.15, -0.1) is 0 Å². The van der Waals surface area contributed by atoms with Crippen LogP contribution in [0.4, 0.5) is 13.2 Å². The molecule has 0 aliphatic rings. The van der Waals surface area contributed by atoms with Crippen molar-refractivity contribution < 1.29 is 47.3 Å². The average molecular weight is 480 g/mol. The number of alkyl halides is 3. The maximum Gasteiger partial charge on any atom is 0.485 e. The maximum atomic E-state index is 10.7. The molecule has 0 fully saturated rings. The van der Waals surface area contributed by atoms with Gasteiger partial charge in [0.2, 0.25) is 0 Å². The van der Waals surface area contributed by atoms with Gasteiger partial charge in [-0.3, -0.25) is 0 Å². The zero-order valence-electron chi connectivity index (χ0n) is 12.2. The highest BCUT2D eigenvalue weighted by Gasteiger charge is 2.36. The number of hydrogen-bond acceptors (Lipinski definition) is 5. The first-order valence-corrected chi connectivity index (χ1v) is 9.80. The van der Waals surface area contributed by atoms with Crippen LogP contribution in [-0.2, 0) is 10.1 Å². The minimum absolute atomic E-state index is 0.319. The van der Waals surface area contributed by atoms with Crippen molar-refractivity contribution >= 4 is 10.1 Å². The van der Waals surface area contributed by atoms with Gasteiger partial charge in [0.05, 0.1) is 23.3 Å². The van der Waals surface area contributed by atoms with Gasteiger partial charge in [-0.05, 0) is 24.3 Å². The number of hydrogen-bond donors (Lipinski definition) is 0. The van der Waals surface area contributed by atoms with Crippen LogP contribution in [0.15, 0.2) is 48.5 Å². The zero-order chi connectivity index (χ0) is 19.1. The fourth-order valence-electron chi connectivity index (χ4n) is 1.36. The normalized spacial score (nSPS) is 10.8. The number of nitriles is 2. The van der Waals surface area contributed by atoms with E-state index >= 15 is 0 Å². The van der Waals surface area contributed by atoms with Gasteiger partial charge in [0.15, 0.2) is 17.3 Å². The van der Waals surface area contributed by atoms with E-state index in [1.54, 1.807) is 12.1 Å². The monoisotopic (exact) mass is 480 g/mol. The topological polar surface area (TPSA) is 105 Å². The molecule has 10 heteroatoms. The van der Waals surface area contributed by atoms with Crippen LogP contribution in [0.25, 0.3) is 0 Å². The quantitative estimate of drug-likeness (QED) is 0.331. The Morgan fingerprint density at radius 1 is 0.920 bits per heavy atom. The predicted octanol–water partition coefficient (Wildman–Crippen LogP) is -0.390. The van der Waals surface area contributed by atoms with Crippen LogP contribution in [0.2, 0.25) is 0 Å². The largest absolute Gasteiger partial charge is 0.741 e. The van der Waals surface area contributed by atoms with Crippen LogP contribution in [0, 0.1) is 29.8 Å². The molecular weight excluding hydrogens is 472 g/mol. The second-order valence-corrected chi connectivity index (χ2v) is 8.64. The predicted molar refractivity (Wildman–Crippen MR) is 75.5 cm³/mol. The summed E-state index contributed by atoms with van der Waals surface area (Å²) in [6.45, 7) is 0. The second-order valence-electron chi connectivity index (χ2n) is 4.24. The first-order chi connectivity index (χ1) is 11.6. The van der Waals surface area contributed by atoms with Gasteiger partial charge in [-0.1, -0.05) is 12.1 Å². The van der Waals surface area contributed by atoms with E-state index in [2.05, 4.69) is 12.1 Å². The molecule has 130 valence electrons. The smallest absolute Gasteiger partial charge is 0.485 e. The Hall–Kier alpha value is -2.15. The zero-order valence-corrected chi connectivity index (χ0v) is 15.1. The van der Waals surface area contributed by atoms with E-state index in [9.17, 15) is 13.2 Å². The highest BCUT2D eigenvalue weighted by molar-refractivity contribution is 7.86. The Morgan fingerprint density at radius 3 is 1.56 bits per heavy atom. The summed E-state index contributed by atoms with van der Waals surface area (Å²) in [4.78, 5) is 0. The van der Waals surface area contributed by atoms with E-state index in [-0.39, 0.29) is 21.2 Å². The van der Waals surface area contributed by atoms with Crippen molar-refractivity contribution in [3.8, 4) is 12.1 Å². The Bertz CT molecular complexity index is 877. The molecule has 0 heterocycles. The average Bonchev–Trinajstić information content (AvgIpc) is 2.54. The van der Waals surface area contributed by atoms with Gasteiger partial charge in [0.1, 0.15) is 0 Å². The summed E-state index contributed by atoms with van der Waals surface area (Å²) in [5.74, 6) is 0. The van der Waals surface area contributed by atoms with Crippen molar-refractivity contribution in [2.45, 2.75) is 5.51 Å². The lowest BCUT2D eigenvalue weighted by molar-refractivity contribution is -0.597. The van der Waals surface area contributed by atoms with E-state index in [0.717, 1.165) is 0 Å². The number of rotatable bonds is 2. The fourth-order valence-corrected chi connectivity index (χ4v) is 3.84. The molecule has 0 saturated heterocycles. The third-order valence-corrected chi connectivity index (χ3v) is 5.56. The lowest BCUT2D eigenvalue weighted by Gasteiger charge is -2.08. The van der Waals surface area contributed by atoms with Crippen LogP contribution in [0.1, 0.15) is 11.1 Å². The van der Waals surface area contributed by atoms with Crippen LogP contribution < -0.4 is 21.2 Å². The summed E-state index contributed by atoms with van der Waals surface area (Å²) < 4.78 is 61.3. The van der Waals surface area contributed by atoms with Crippen molar-refractivity contribution in [1.29, 1.82) is 10.5 Å². The number of halogens is 4. The van der Waals surface area contributed by atoms with Crippen LogP contribution in [0.5, 0.6) is 0 Å². The molecule has 0 aromatic heterocycles. The SMILES string of the molecule is N#Cc1cccc([I+]c2cccc(C#N)c2)c1.O=S(=O)([O-])C(F)(F)F. The summed E-state index contributed by atoms with van der Waals surface area (Å²) in [6, 6.07) is 19.6. The van der Waals surface area contributed by atoms with Crippen molar-refractivity contribution in [2.75, 3.05) is 0 Å². The van der Waals surface area contributed by atoms with Crippen molar-refractivity contribution in [3.05, 3.63) is 66.8 Å². The standard InChI is InChI=1S/C14H8IN2.CHF3O3S/c16-9-11-3-1-5-13(7-11)15-14-6-2-4-12(8-14)10-17;2-1(3,4)8(5,6)7/h1-8H;(H,5,6,7)/q+1;/p-1. The molecule has 0 N–H and O–H groups in total. The lowest BCUT2D eigenvalue weighted by atomic mass is 10.2. The molecule has 5 nitrogen and oxygen atoms in total. The first kappa shape index (κ1) is 20.9. The van der Waals surface area contributed by atoms with E-state index in [4.69, 9.17) is 23.5 Å². The number of nitrogens with zero attached hydrogens (tertiary/aromatic N) is 2. The molecular formula is C15H8F3IN2O3S.